The lowest BCUT2D eigenvalue weighted by molar-refractivity contribution is 0.0695. The molecule has 0 unspecified atom stereocenters. The molecule has 0 spiro atoms. The van der Waals surface area contributed by atoms with Crippen molar-refractivity contribution in [2.24, 2.45) is 0 Å². The maximum absolute atomic E-state index is 11.2. The van der Waals surface area contributed by atoms with Gasteiger partial charge in [-0.1, -0.05) is 5.92 Å². The van der Waals surface area contributed by atoms with Gasteiger partial charge in [0.15, 0.2) is 0 Å². The van der Waals surface area contributed by atoms with Crippen LogP contribution in [0.2, 0.25) is 0 Å². The number of aromatic nitrogens is 1. The molecular weight excluding hydrogens is 266 g/mol. The van der Waals surface area contributed by atoms with Crippen LogP contribution in [0.1, 0.15) is 27.2 Å². The number of benzene rings is 1. The molecule has 1 aliphatic rings. The lowest BCUT2D eigenvalue weighted by Crippen LogP contribution is -2.04. The summed E-state index contributed by atoms with van der Waals surface area (Å²) >= 11 is 0. The van der Waals surface area contributed by atoms with Crippen LogP contribution < -0.4 is 4.74 Å². The second-order valence-corrected chi connectivity index (χ2v) is 4.59. The molecule has 102 valence electrons. The number of hydrogen-bond acceptors (Lipinski definition) is 3. The molecule has 0 bridgehead atoms. The fraction of sp³-hybridized carbons (Fsp3) is 0.0588. The summed E-state index contributed by atoms with van der Waals surface area (Å²) in [7, 11) is 0. The minimum absolute atomic E-state index is 0.262. The molecule has 0 amide bonds. The van der Waals surface area contributed by atoms with E-state index in [1.54, 1.807) is 30.3 Å². The maximum Gasteiger partial charge on any atom is 0.336 e. The quantitative estimate of drug-likeness (QED) is 0.876. The number of hydrogen-bond donors (Lipinski definition) is 1. The van der Waals surface area contributed by atoms with Crippen LogP contribution in [-0.4, -0.2) is 16.1 Å². The van der Waals surface area contributed by atoms with Crippen LogP contribution in [-0.2, 0) is 6.42 Å². The minimum atomic E-state index is -0.957. The predicted molar refractivity (Wildman–Crippen MR) is 77.9 cm³/mol. The van der Waals surface area contributed by atoms with Gasteiger partial charge >= 0.3 is 5.97 Å². The van der Waals surface area contributed by atoms with Crippen LogP contribution in [0.5, 0.6) is 5.75 Å². The van der Waals surface area contributed by atoms with Crippen molar-refractivity contribution in [3.63, 3.8) is 0 Å². The Morgan fingerprint density at radius 1 is 1.29 bits per heavy atom. The Morgan fingerprint density at radius 3 is 2.71 bits per heavy atom. The van der Waals surface area contributed by atoms with Gasteiger partial charge in [0.1, 0.15) is 11.5 Å². The van der Waals surface area contributed by atoms with Crippen LogP contribution in [0.3, 0.4) is 0 Å². The second-order valence-electron chi connectivity index (χ2n) is 4.59. The largest absolute Gasteiger partial charge is 0.478 e. The molecule has 1 aromatic heterocycles. The standard InChI is InChI=1S/C17H11NO3/c1-2-11-3-5-12(6-4-11)21-13-9-15-14(17(19)20)7-8-18-16(15)10-13/h1,3-8,10H,9H2,(H,19,20). The number of fused-ring (bicyclic) bond motifs is 1. The first-order valence-corrected chi connectivity index (χ1v) is 6.33. The first-order chi connectivity index (χ1) is 10.2. The molecule has 1 heterocycles. The number of ether oxygens (including phenoxy) is 1. The topological polar surface area (TPSA) is 59.4 Å². The van der Waals surface area contributed by atoms with Crippen molar-refractivity contribution < 1.29 is 14.6 Å². The Hall–Kier alpha value is -3.06. The van der Waals surface area contributed by atoms with E-state index in [9.17, 15) is 9.90 Å². The Balaban J connectivity index is 1.82. The summed E-state index contributed by atoms with van der Waals surface area (Å²) in [5.74, 6) is 2.90. The second kappa shape index (κ2) is 5.14. The summed E-state index contributed by atoms with van der Waals surface area (Å²) < 4.78 is 5.75. The summed E-state index contributed by atoms with van der Waals surface area (Å²) in [4.78, 5) is 15.4. The molecule has 1 aliphatic carbocycles. The van der Waals surface area contributed by atoms with Crippen molar-refractivity contribution >= 4 is 12.0 Å². The molecule has 1 aromatic carbocycles. The van der Waals surface area contributed by atoms with Crippen LogP contribution >= 0.6 is 0 Å². The molecule has 4 heteroatoms. The van der Waals surface area contributed by atoms with Crippen LogP contribution in [0, 0.1) is 12.3 Å². The highest BCUT2D eigenvalue weighted by atomic mass is 16.5. The normalized spacial score (nSPS) is 12.2. The predicted octanol–water partition coefficient (Wildman–Crippen LogP) is 2.74. The third kappa shape index (κ3) is 2.49. The Labute approximate surface area is 121 Å². The molecule has 21 heavy (non-hydrogen) atoms. The van der Waals surface area contributed by atoms with Crippen molar-refractivity contribution in [2.45, 2.75) is 6.42 Å². The number of carbonyl (C=O) groups is 1. The number of pyridine rings is 1. The molecule has 0 saturated carbocycles. The molecule has 4 nitrogen and oxygen atoms in total. The highest BCUT2D eigenvalue weighted by molar-refractivity contribution is 5.91. The van der Waals surface area contributed by atoms with E-state index in [-0.39, 0.29) is 5.56 Å². The molecule has 3 rings (SSSR count). The lowest BCUT2D eigenvalue weighted by Gasteiger charge is -2.07. The number of allylic oxidation sites excluding steroid dienone is 1. The van der Waals surface area contributed by atoms with Crippen molar-refractivity contribution in [3.05, 3.63) is 64.7 Å². The van der Waals surface area contributed by atoms with Gasteiger partial charge in [-0.25, -0.2) is 4.79 Å². The number of nitrogens with zero attached hydrogens (tertiary/aromatic N) is 1. The van der Waals surface area contributed by atoms with E-state index >= 15 is 0 Å². The average molecular weight is 277 g/mol. The fourth-order valence-corrected chi connectivity index (χ4v) is 2.23. The molecule has 1 N–H and O–H groups in total. The van der Waals surface area contributed by atoms with Gasteiger partial charge in [0.05, 0.1) is 11.3 Å². The Kier molecular flexibility index (Phi) is 3.17. The van der Waals surface area contributed by atoms with Gasteiger partial charge in [-0.3, -0.25) is 4.98 Å². The summed E-state index contributed by atoms with van der Waals surface area (Å²) in [6, 6.07) is 8.65. The Morgan fingerprint density at radius 2 is 2.05 bits per heavy atom. The molecule has 0 saturated heterocycles. The highest BCUT2D eigenvalue weighted by Gasteiger charge is 2.21. The maximum atomic E-state index is 11.2. The molecule has 0 atom stereocenters. The number of rotatable bonds is 3. The third-order valence-corrected chi connectivity index (χ3v) is 3.24. The summed E-state index contributed by atoms with van der Waals surface area (Å²) in [6.45, 7) is 0. The van der Waals surface area contributed by atoms with Gasteiger partial charge in [0.2, 0.25) is 0 Å². The highest BCUT2D eigenvalue weighted by Crippen LogP contribution is 2.28. The van der Waals surface area contributed by atoms with Crippen molar-refractivity contribution in [2.75, 3.05) is 0 Å². The molecule has 0 fully saturated rings. The number of aromatic carboxylic acids is 1. The van der Waals surface area contributed by atoms with Crippen LogP contribution in [0.15, 0.2) is 42.3 Å². The van der Waals surface area contributed by atoms with E-state index in [2.05, 4.69) is 10.9 Å². The fourth-order valence-electron chi connectivity index (χ4n) is 2.23. The monoisotopic (exact) mass is 277 g/mol. The number of carboxylic acids is 1. The first-order valence-electron chi connectivity index (χ1n) is 6.33. The molecule has 0 radical (unpaired) electrons. The third-order valence-electron chi connectivity index (χ3n) is 3.24. The van der Waals surface area contributed by atoms with Crippen molar-refractivity contribution in [1.82, 2.24) is 4.98 Å². The van der Waals surface area contributed by atoms with Gasteiger partial charge in [-0.15, -0.1) is 6.42 Å². The van der Waals surface area contributed by atoms with E-state index in [1.807, 2.05) is 0 Å². The minimum Gasteiger partial charge on any atom is -0.478 e. The first kappa shape index (κ1) is 12.9. The van der Waals surface area contributed by atoms with Crippen molar-refractivity contribution in [3.8, 4) is 18.1 Å². The smallest absolute Gasteiger partial charge is 0.336 e. The zero-order valence-corrected chi connectivity index (χ0v) is 11.0. The van der Waals surface area contributed by atoms with Crippen LogP contribution in [0.25, 0.3) is 6.08 Å². The zero-order chi connectivity index (χ0) is 14.8. The lowest BCUT2D eigenvalue weighted by atomic mass is 10.1. The average Bonchev–Trinajstić information content (AvgIpc) is 2.89. The van der Waals surface area contributed by atoms with E-state index in [4.69, 9.17) is 11.2 Å². The number of carboxylic acid groups (broad SMARTS) is 1. The van der Waals surface area contributed by atoms with Gasteiger partial charge < -0.3 is 9.84 Å². The summed E-state index contributed by atoms with van der Waals surface area (Å²) in [5.41, 5.74) is 2.36. The van der Waals surface area contributed by atoms with E-state index in [0.717, 1.165) is 5.56 Å². The van der Waals surface area contributed by atoms with E-state index in [0.29, 0.717) is 29.2 Å². The van der Waals surface area contributed by atoms with E-state index < -0.39 is 5.97 Å². The summed E-state index contributed by atoms with van der Waals surface area (Å²) in [5, 5.41) is 9.17. The molecule has 0 aliphatic heterocycles. The van der Waals surface area contributed by atoms with Crippen molar-refractivity contribution in [1.29, 1.82) is 0 Å². The summed E-state index contributed by atoms with van der Waals surface area (Å²) in [6.07, 6.45) is 8.97. The van der Waals surface area contributed by atoms with Gasteiger partial charge in [0.25, 0.3) is 0 Å². The zero-order valence-electron chi connectivity index (χ0n) is 11.0. The van der Waals surface area contributed by atoms with Gasteiger partial charge in [-0.05, 0) is 35.9 Å². The van der Waals surface area contributed by atoms with Gasteiger partial charge in [-0.2, -0.15) is 0 Å². The molecular formula is C17H11NO3. The SMILES string of the molecule is C#Cc1ccc(OC2=Cc3nccc(C(=O)O)c3C2)cc1. The Bertz CT molecular complexity index is 783. The number of terminal acetylenes is 1. The van der Waals surface area contributed by atoms with E-state index in [1.165, 1.54) is 12.3 Å². The van der Waals surface area contributed by atoms with Gasteiger partial charge in [0, 0.05) is 24.3 Å². The van der Waals surface area contributed by atoms with Crippen LogP contribution in [0.4, 0.5) is 0 Å². The molecule has 2 aromatic rings.